The molecule has 0 radical (unpaired) electrons. The van der Waals surface area contributed by atoms with E-state index >= 15 is 0 Å². The second kappa shape index (κ2) is 8.46. The van der Waals surface area contributed by atoms with Gasteiger partial charge in [-0.1, -0.05) is 49.1 Å². The van der Waals surface area contributed by atoms with Crippen molar-refractivity contribution in [1.82, 2.24) is 0 Å². The molecule has 5 nitrogen and oxygen atoms in total. The van der Waals surface area contributed by atoms with E-state index in [-0.39, 0.29) is 0 Å². The summed E-state index contributed by atoms with van der Waals surface area (Å²) in [4.78, 5) is 21.9. The van der Waals surface area contributed by atoms with Crippen molar-refractivity contribution in [2.75, 3.05) is 0 Å². The molecule has 0 heterocycles. The van der Waals surface area contributed by atoms with E-state index in [0.29, 0.717) is 11.3 Å². The molecule has 1 aromatic carbocycles. The van der Waals surface area contributed by atoms with Gasteiger partial charge in [0.05, 0.1) is 6.42 Å². The number of para-hydroxylation sites is 1. The SMILES string of the molecule is C=C/C(=C\C=C/C)c1ccccc1OC(CC(=O)O)C(=O)O. The maximum Gasteiger partial charge on any atom is 0.345 e. The van der Waals surface area contributed by atoms with Crippen LogP contribution in [0.15, 0.2) is 55.1 Å². The van der Waals surface area contributed by atoms with Crippen LogP contribution in [0.3, 0.4) is 0 Å². The van der Waals surface area contributed by atoms with Gasteiger partial charge in [-0.15, -0.1) is 0 Å². The van der Waals surface area contributed by atoms with Crippen molar-refractivity contribution in [3.63, 3.8) is 0 Å². The minimum Gasteiger partial charge on any atom is -0.481 e. The second-order valence-electron chi connectivity index (χ2n) is 4.39. The van der Waals surface area contributed by atoms with E-state index in [0.717, 1.165) is 5.57 Å². The van der Waals surface area contributed by atoms with Gasteiger partial charge in [0.15, 0.2) is 0 Å². The fourth-order valence-electron chi connectivity index (χ4n) is 1.77. The summed E-state index contributed by atoms with van der Waals surface area (Å²) >= 11 is 0. The summed E-state index contributed by atoms with van der Waals surface area (Å²) < 4.78 is 5.39. The summed E-state index contributed by atoms with van der Waals surface area (Å²) in [6.07, 6.45) is 5.02. The molecule has 0 fully saturated rings. The number of rotatable bonds is 8. The number of ether oxygens (including phenoxy) is 1. The Morgan fingerprint density at radius 1 is 1.32 bits per heavy atom. The lowest BCUT2D eigenvalue weighted by molar-refractivity contribution is -0.151. The Morgan fingerprint density at radius 2 is 2.00 bits per heavy atom. The van der Waals surface area contributed by atoms with E-state index in [2.05, 4.69) is 6.58 Å². The van der Waals surface area contributed by atoms with Crippen molar-refractivity contribution < 1.29 is 24.5 Å². The molecule has 1 unspecified atom stereocenters. The Morgan fingerprint density at radius 3 is 2.55 bits per heavy atom. The van der Waals surface area contributed by atoms with E-state index < -0.39 is 24.5 Å². The molecule has 0 aromatic heterocycles. The molecule has 5 heteroatoms. The molecule has 0 saturated heterocycles. The number of carboxylic acid groups (broad SMARTS) is 2. The molecule has 0 spiro atoms. The molecule has 2 N–H and O–H groups in total. The highest BCUT2D eigenvalue weighted by Crippen LogP contribution is 2.28. The number of hydrogen-bond donors (Lipinski definition) is 2. The average Bonchev–Trinajstić information content (AvgIpc) is 2.48. The third-order valence-electron chi connectivity index (χ3n) is 2.79. The van der Waals surface area contributed by atoms with Crippen LogP contribution in [-0.2, 0) is 9.59 Å². The first-order valence-corrected chi connectivity index (χ1v) is 6.65. The molecular weight excluding hydrogens is 284 g/mol. The van der Waals surface area contributed by atoms with Crippen molar-refractivity contribution >= 4 is 17.5 Å². The molecule has 0 bridgehead atoms. The van der Waals surface area contributed by atoms with Gasteiger partial charge in [-0.3, -0.25) is 4.79 Å². The molecule has 1 atom stereocenters. The van der Waals surface area contributed by atoms with Gasteiger partial charge in [-0.05, 0) is 18.6 Å². The van der Waals surface area contributed by atoms with Crippen LogP contribution in [0.5, 0.6) is 5.75 Å². The average molecular weight is 302 g/mol. The van der Waals surface area contributed by atoms with E-state index in [1.807, 2.05) is 25.2 Å². The van der Waals surface area contributed by atoms with Crippen molar-refractivity contribution in [2.45, 2.75) is 19.4 Å². The smallest absolute Gasteiger partial charge is 0.345 e. The topological polar surface area (TPSA) is 83.8 Å². The summed E-state index contributed by atoms with van der Waals surface area (Å²) in [7, 11) is 0. The van der Waals surface area contributed by atoms with Gasteiger partial charge in [-0.25, -0.2) is 4.79 Å². The van der Waals surface area contributed by atoms with Gasteiger partial charge >= 0.3 is 11.9 Å². The van der Waals surface area contributed by atoms with Crippen molar-refractivity contribution in [1.29, 1.82) is 0 Å². The van der Waals surface area contributed by atoms with Crippen LogP contribution in [0.1, 0.15) is 18.9 Å². The van der Waals surface area contributed by atoms with E-state index in [1.54, 1.807) is 30.3 Å². The molecule has 0 aliphatic rings. The number of carboxylic acids is 2. The number of allylic oxidation sites excluding steroid dienone is 5. The summed E-state index contributed by atoms with van der Waals surface area (Å²) in [6.45, 7) is 5.59. The normalized spacial score (nSPS) is 12.9. The first-order valence-electron chi connectivity index (χ1n) is 6.65. The lowest BCUT2D eigenvalue weighted by Crippen LogP contribution is -2.30. The molecule has 22 heavy (non-hydrogen) atoms. The number of aliphatic carboxylic acids is 2. The Labute approximate surface area is 128 Å². The Bertz CT molecular complexity index is 613. The molecule has 0 saturated carbocycles. The maximum absolute atomic E-state index is 11.1. The van der Waals surface area contributed by atoms with Crippen molar-refractivity contribution in [3.8, 4) is 5.75 Å². The monoisotopic (exact) mass is 302 g/mol. The lowest BCUT2D eigenvalue weighted by Gasteiger charge is -2.16. The molecule has 1 aromatic rings. The van der Waals surface area contributed by atoms with E-state index in [1.165, 1.54) is 0 Å². The van der Waals surface area contributed by atoms with Crippen LogP contribution in [0.4, 0.5) is 0 Å². The quantitative estimate of drug-likeness (QED) is 0.721. The zero-order valence-corrected chi connectivity index (χ0v) is 12.2. The minimum absolute atomic E-state index is 0.298. The minimum atomic E-state index is -1.45. The van der Waals surface area contributed by atoms with Gasteiger partial charge in [-0.2, -0.15) is 0 Å². The standard InChI is InChI=1S/C17H18O5/c1-3-5-8-12(4-2)13-9-6-7-10-14(13)22-15(17(20)21)11-16(18)19/h3-10,15H,2,11H2,1H3,(H,18,19)(H,20,21)/b5-3-,12-8+. The Balaban J connectivity index is 3.17. The Hall–Kier alpha value is -2.82. The fourth-order valence-corrected chi connectivity index (χ4v) is 1.77. The van der Waals surface area contributed by atoms with Gasteiger partial charge in [0, 0.05) is 5.56 Å². The van der Waals surface area contributed by atoms with Crippen LogP contribution in [-0.4, -0.2) is 28.3 Å². The zero-order valence-electron chi connectivity index (χ0n) is 12.2. The number of hydrogen-bond acceptors (Lipinski definition) is 3. The number of carbonyl (C=O) groups is 2. The van der Waals surface area contributed by atoms with E-state index in [9.17, 15) is 9.59 Å². The van der Waals surface area contributed by atoms with Crippen LogP contribution in [0.25, 0.3) is 5.57 Å². The third-order valence-corrected chi connectivity index (χ3v) is 2.79. The summed E-state index contributed by atoms with van der Waals surface area (Å²) in [5.74, 6) is -2.26. The van der Waals surface area contributed by atoms with Gasteiger partial charge in [0.1, 0.15) is 5.75 Å². The molecule has 1 rings (SSSR count). The molecule has 0 aliphatic heterocycles. The summed E-state index contributed by atoms with van der Waals surface area (Å²) in [5.41, 5.74) is 1.39. The summed E-state index contributed by atoms with van der Waals surface area (Å²) in [6, 6.07) is 6.82. The Kier molecular flexibility index (Phi) is 6.63. The highest BCUT2D eigenvalue weighted by atomic mass is 16.5. The second-order valence-corrected chi connectivity index (χ2v) is 4.39. The van der Waals surface area contributed by atoms with E-state index in [4.69, 9.17) is 14.9 Å². The van der Waals surface area contributed by atoms with Crippen LogP contribution in [0.2, 0.25) is 0 Å². The first-order chi connectivity index (χ1) is 10.5. The van der Waals surface area contributed by atoms with Gasteiger partial charge in [0.2, 0.25) is 6.10 Å². The molecular formula is C17H18O5. The summed E-state index contributed by atoms with van der Waals surface area (Å²) in [5, 5.41) is 17.8. The van der Waals surface area contributed by atoms with Crippen LogP contribution in [0, 0.1) is 0 Å². The fraction of sp³-hybridized carbons (Fsp3) is 0.176. The lowest BCUT2D eigenvalue weighted by atomic mass is 10.0. The maximum atomic E-state index is 11.1. The number of benzene rings is 1. The van der Waals surface area contributed by atoms with Gasteiger partial charge < -0.3 is 14.9 Å². The predicted molar refractivity (Wildman–Crippen MR) is 83.7 cm³/mol. The van der Waals surface area contributed by atoms with Crippen molar-refractivity contribution in [2.24, 2.45) is 0 Å². The molecule has 116 valence electrons. The van der Waals surface area contributed by atoms with Crippen LogP contribution >= 0.6 is 0 Å². The predicted octanol–water partition coefficient (Wildman–Crippen LogP) is 3.14. The highest BCUT2D eigenvalue weighted by molar-refractivity contribution is 5.81. The highest BCUT2D eigenvalue weighted by Gasteiger charge is 2.24. The van der Waals surface area contributed by atoms with Gasteiger partial charge in [0.25, 0.3) is 0 Å². The molecule has 0 amide bonds. The zero-order chi connectivity index (χ0) is 16.5. The first kappa shape index (κ1) is 17.2. The largest absolute Gasteiger partial charge is 0.481 e. The van der Waals surface area contributed by atoms with Crippen LogP contribution < -0.4 is 4.74 Å². The third kappa shape index (κ3) is 4.94. The molecule has 0 aliphatic carbocycles. The van der Waals surface area contributed by atoms with Crippen molar-refractivity contribution in [3.05, 3.63) is 60.7 Å².